The van der Waals surface area contributed by atoms with Gasteiger partial charge in [0.2, 0.25) is 15.0 Å². The van der Waals surface area contributed by atoms with Crippen molar-refractivity contribution in [2.45, 2.75) is 38.1 Å². The normalized spacial score (nSPS) is 11.7. The van der Waals surface area contributed by atoms with Crippen molar-refractivity contribution in [1.29, 1.82) is 0 Å². The Bertz CT molecular complexity index is 675. The van der Waals surface area contributed by atoms with Crippen molar-refractivity contribution >= 4 is 9.84 Å². The van der Waals surface area contributed by atoms with E-state index in [1.807, 2.05) is 6.92 Å². The molecule has 0 aliphatic rings. The molecule has 0 aliphatic carbocycles. The maximum atomic E-state index is 12.2. The Kier molecular flexibility index (Phi) is 3.66. The van der Waals surface area contributed by atoms with Crippen LogP contribution in [0.2, 0.25) is 0 Å². The fourth-order valence-electron chi connectivity index (χ4n) is 1.69. The van der Waals surface area contributed by atoms with Crippen molar-refractivity contribution in [1.82, 2.24) is 15.1 Å². The standard InChI is InChI=1S/C12H15N3O3S/c1-4-11-10(9(3)15-18-11)7-19(16,17)12-13-5-8(2)6-14-12/h5-6H,4,7H2,1-3H3. The molecule has 0 saturated heterocycles. The summed E-state index contributed by atoms with van der Waals surface area (Å²) in [4.78, 5) is 7.73. The van der Waals surface area contributed by atoms with E-state index in [0.717, 1.165) is 5.56 Å². The van der Waals surface area contributed by atoms with Crippen LogP contribution in [-0.2, 0) is 22.0 Å². The molecule has 0 aromatic carbocycles. The molecule has 19 heavy (non-hydrogen) atoms. The second kappa shape index (κ2) is 5.08. The molecular weight excluding hydrogens is 266 g/mol. The fourth-order valence-corrected chi connectivity index (χ4v) is 3.00. The maximum absolute atomic E-state index is 12.2. The van der Waals surface area contributed by atoms with Crippen molar-refractivity contribution in [3.05, 3.63) is 35.0 Å². The van der Waals surface area contributed by atoms with Crippen molar-refractivity contribution in [2.24, 2.45) is 0 Å². The molecule has 2 heterocycles. The van der Waals surface area contributed by atoms with Crippen molar-refractivity contribution < 1.29 is 12.9 Å². The van der Waals surface area contributed by atoms with E-state index in [1.54, 1.807) is 13.8 Å². The van der Waals surface area contributed by atoms with Gasteiger partial charge in [-0.15, -0.1) is 0 Å². The average Bonchev–Trinajstić information content (AvgIpc) is 2.70. The van der Waals surface area contributed by atoms with Crippen LogP contribution in [0.25, 0.3) is 0 Å². The van der Waals surface area contributed by atoms with Crippen LogP contribution < -0.4 is 0 Å². The van der Waals surface area contributed by atoms with Gasteiger partial charge in [-0.3, -0.25) is 0 Å². The van der Waals surface area contributed by atoms with Gasteiger partial charge in [-0.05, 0) is 19.4 Å². The molecule has 0 saturated carbocycles. The summed E-state index contributed by atoms with van der Waals surface area (Å²) in [5.74, 6) is 0.405. The fraction of sp³-hybridized carbons (Fsp3) is 0.417. The van der Waals surface area contributed by atoms with Gasteiger partial charge in [0.25, 0.3) is 0 Å². The van der Waals surface area contributed by atoms with Gasteiger partial charge < -0.3 is 4.52 Å². The number of nitrogens with zero attached hydrogens (tertiary/aromatic N) is 3. The van der Waals surface area contributed by atoms with E-state index in [2.05, 4.69) is 15.1 Å². The zero-order valence-electron chi connectivity index (χ0n) is 11.0. The van der Waals surface area contributed by atoms with Gasteiger partial charge in [-0.25, -0.2) is 18.4 Å². The highest BCUT2D eigenvalue weighted by Crippen LogP contribution is 2.20. The first kappa shape index (κ1) is 13.7. The lowest BCUT2D eigenvalue weighted by molar-refractivity contribution is 0.382. The Morgan fingerprint density at radius 1 is 1.21 bits per heavy atom. The first-order chi connectivity index (χ1) is 8.94. The van der Waals surface area contributed by atoms with Crippen molar-refractivity contribution in [2.75, 3.05) is 0 Å². The molecule has 2 aromatic rings. The summed E-state index contributed by atoms with van der Waals surface area (Å²) in [6, 6.07) is 0. The molecule has 2 aromatic heterocycles. The highest BCUT2D eigenvalue weighted by Gasteiger charge is 2.23. The molecular formula is C12H15N3O3S. The van der Waals surface area contributed by atoms with Crippen LogP contribution in [0, 0.1) is 13.8 Å². The van der Waals surface area contributed by atoms with Gasteiger partial charge in [-0.1, -0.05) is 12.1 Å². The van der Waals surface area contributed by atoms with Gasteiger partial charge in [-0.2, -0.15) is 0 Å². The summed E-state index contributed by atoms with van der Waals surface area (Å²) >= 11 is 0. The second-order valence-corrected chi connectivity index (χ2v) is 6.21. The van der Waals surface area contributed by atoms with Gasteiger partial charge in [0, 0.05) is 24.4 Å². The van der Waals surface area contributed by atoms with Crippen LogP contribution >= 0.6 is 0 Å². The number of rotatable bonds is 4. The van der Waals surface area contributed by atoms with E-state index in [-0.39, 0.29) is 10.9 Å². The Labute approximate surface area is 111 Å². The lowest BCUT2D eigenvalue weighted by Crippen LogP contribution is -2.10. The molecule has 0 fully saturated rings. The van der Waals surface area contributed by atoms with Crippen LogP contribution in [0.3, 0.4) is 0 Å². The van der Waals surface area contributed by atoms with Crippen LogP contribution in [0.1, 0.15) is 29.5 Å². The third kappa shape index (κ3) is 2.81. The number of hydrogen-bond acceptors (Lipinski definition) is 6. The summed E-state index contributed by atoms with van der Waals surface area (Å²) in [5.41, 5.74) is 2.01. The lowest BCUT2D eigenvalue weighted by Gasteiger charge is -2.03. The van der Waals surface area contributed by atoms with Crippen LogP contribution in [0.5, 0.6) is 0 Å². The molecule has 102 valence electrons. The zero-order valence-corrected chi connectivity index (χ0v) is 11.9. The molecule has 0 aliphatic heterocycles. The Morgan fingerprint density at radius 3 is 2.42 bits per heavy atom. The third-order valence-electron chi connectivity index (χ3n) is 2.76. The molecule has 0 atom stereocenters. The largest absolute Gasteiger partial charge is 0.361 e. The second-order valence-electron chi connectivity index (χ2n) is 4.33. The molecule has 0 spiro atoms. The topological polar surface area (TPSA) is 86.0 Å². The van der Waals surface area contributed by atoms with E-state index in [1.165, 1.54) is 12.4 Å². The van der Waals surface area contributed by atoms with E-state index in [9.17, 15) is 8.42 Å². The highest BCUT2D eigenvalue weighted by molar-refractivity contribution is 7.90. The van der Waals surface area contributed by atoms with Gasteiger partial charge in [0.1, 0.15) is 5.76 Å². The summed E-state index contributed by atoms with van der Waals surface area (Å²) in [5, 5.41) is 3.63. The van der Waals surface area contributed by atoms with E-state index in [0.29, 0.717) is 23.4 Å². The molecule has 0 N–H and O–H groups in total. The van der Waals surface area contributed by atoms with Gasteiger partial charge >= 0.3 is 0 Å². The Hall–Kier alpha value is -1.76. The summed E-state index contributed by atoms with van der Waals surface area (Å²) in [6.45, 7) is 5.41. The smallest absolute Gasteiger partial charge is 0.247 e. The lowest BCUT2D eigenvalue weighted by atomic mass is 10.2. The van der Waals surface area contributed by atoms with Gasteiger partial charge in [0.15, 0.2) is 0 Å². The maximum Gasteiger partial charge on any atom is 0.247 e. The van der Waals surface area contributed by atoms with Crippen LogP contribution in [0.15, 0.2) is 22.1 Å². The predicted molar refractivity (Wildman–Crippen MR) is 68.3 cm³/mol. The predicted octanol–water partition coefficient (Wildman–Crippen LogP) is 1.62. The van der Waals surface area contributed by atoms with E-state index >= 15 is 0 Å². The minimum Gasteiger partial charge on any atom is -0.361 e. The summed E-state index contributed by atoms with van der Waals surface area (Å²) < 4.78 is 29.6. The molecule has 0 unspecified atom stereocenters. The molecule has 0 amide bonds. The molecule has 6 nitrogen and oxygen atoms in total. The monoisotopic (exact) mass is 281 g/mol. The molecule has 0 bridgehead atoms. The minimum absolute atomic E-state index is 0.166. The summed E-state index contributed by atoms with van der Waals surface area (Å²) in [7, 11) is -3.58. The SMILES string of the molecule is CCc1onc(C)c1CS(=O)(=O)c1ncc(C)cn1. The van der Waals surface area contributed by atoms with E-state index < -0.39 is 9.84 Å². The minimum atomic E-state index is -3.58. The number of sulfone groups is 1. The van der Waals surface area contributed by atoms with Crippen LogP contribution in [-0.4, -0.2) is 23.5 Å². The Balaban J connectivity index is 2.36. The average molecular weight is 281 g/mol. The summed E-state index contributed by atoms with van der Waals surface area (Å²) in [6.07, 6.45) is 3.57. The number of hydrogen-bond donors (Lipinski definition) is 0. The quantitative estimate of drug-likeness (QED) is 0.791. The zero-order chi connectivity index (χ0) is 14.0. The third-order valence-corrected chi connectivity index (χ3v) is 4.19. The van der Waals surface area contributed by atoms with Crippen molar-refractivity contribution in [3.63, 3.8) is 0 Å². The molecule has 0 radical (unpaired) electrons. The highest BCUT2D eigenvalue weighted by atomic mass is 32.2. The molecule has 7 heteroatoms. The first-order valence-corrected chi connectivity index (χ1v) is 7.54. The number of aromatic nitrogens is 3. The number of aryl methyl sites for hydroxylation is 3. The van der Waals surface area contributed by atoms with Gasteiger partial charge in [0.05, 0.1) is 11.4 Å². The van der Waals surface area contributed by atoms with Crippen molar-refractivity contribution in [3.8, 4) is 0 Å². The molecule has 2 rings (SSSR count). The first-order valence-electron chi connectivity index (χ1n) is 5.89. The van der Waals surface area contributed by atoms with E-state index in [4.69, 9.17) is 4.52 Å². The Morgan fingerprint density at radius 2 is 1.84 bits per heavy atom. The van der Waals surface area contributed by atoms with Crippen LogP contribution in [0.4, 0.5) is 0 Å².